The number of halogens is 1. The molecule has 7 nitrogen and oxygen atoms in total. The number of rotatable bonds is 8. The molecule has 0 saturated carbocycles. The fourth-order valence-corrected chi connectivity index (χ4v) is 2.00. The molecule has 0 heterocycles. The Labute approximate surface area is 127 Å². The number of carbonyl (C=O) groups is 1. The summed E-state index contributed by atoms with van der Waals surface area (Å²) in [5.74, 6) is -0.145. The van der Waals surface area contributed by atoms with Crippen molar-refractivity contribution in [2.45, 2.75) is 25.8 Å². The van der Waals surface area contributed by atoms with Crippen LogP contribution in [0.15, 0.2) is 18.2 Å². The van der Waals surface area contributed by atoms with Crippen LogP contribution in [0.4, 0.5) is 5.69 Å². The van der Waals surface area contributed by atoms with Gasteiger partial charge in [0.2, 0.25) is 5.91 Å². The molecule has 0 aromatic heterocycles. The van der Waals surface area contributed by atoms with Gasteiger partial charge in [0.1, 0.15) is 5.75 Å². The molecule has 116 valence electrons. The van der Waals surface area contributed by atoms with Crippen LogP contribution in [0.3, 0.4) is 0 Å². The summed E-state index contributed by atoms with van der Waals surface area (Å²) in [6.45, 7) is 4.36. The number of nitrogens with one attached hydrogen (secondary N) is 1. The predicted octanol–water partition coefficient (Wildman–Crippen LogP) is 1.87. The molecule has 1 atom stereocenters. The topological polar surface area (TPSA) is 107 Å². The van der Waals surface area contributed by atoms with E-state index in [1.165, 1.54) is 18.2 Å². The van der Waals surface area contributed by atoms with Gasteiger partial charge in [-0.1, -0.05) is 18.5 Å². The lowest BCUT2D eigenvalue weighted by Gasteiger charge is -2.26. The lowest BCUT2D eigenvalue weighted by Crippen LogP contribution is -2.53. The van der Waals surface area contributed by atoms with Crippen molar-refractivity contribution in [3.8, 4) is 5.75 Å². The third-order valence-corrected chi connectivity index (χ3v) is 3.39. The van der Waals surface area contributed by atoms with Crippen molar-refractivity contribution in [1.82, 2.24) is 5.32 Å². The zero-order valence-corrected chi connectivity index (χ0v) is 12.6. The predicted molar refractivity (Wildman–Crippen MR) is 79.5 cm³/mol. The maximum atomic E-state index is 11.4. The minimum atomic E-state index is -0.873. The second kappa shape index (κ2) is 7.24. The van der Waals surface area contributed by atoms with E-state index in [2.05, 4.69) is 5.32 Å². The third kappa shape index (κ3) is 4.57. The minimum absolute atomic E-state index is 0.109. The van der Waals surface area contributed by atoms with Crippen molar-refractivity contribution in [1.29, 1.82) is 0 Å². The summed E-state index contributed by atoms with van der Waals surface area (Å²) in [6.07, 6.45) is 0.351. The summed E-state index contributed by atoms with van der Waals surface area (Å²) in [5, 5.41) is 13.8. The molecule has 1 rings (SSSR count). The van der Waals surface area contributed by atoms with Crippen molar-refractivity contribution in [3.63, 3.8) is 0 Å². The van der Waals surface area contributed by atoms with E-state index in [1.807, 2.05) is 6.92 Å². The quantitative estimate of drug-likeness (QED) is 0.562. The lowest BCUT2D eigenvalue weighted by atomic mass is 9.97. The molecule has 3 N–H and O–H groups in total. The number of likely N-dealkylation sites (N-methyl/N-ethyl adjacent to an activating group) is 1. The molecule has 1 aromatic carbocycles. The van der Waals surface area contributed by atoms with Crippen LogP contribution < -0.4 is 15.8 Å². The average Bonchev–Trinajstić information content (AvgIpc) is 2.40. The standard InChI is InChI=1S/C13H18ClN3O4/c1-3-16-13(2,12(15)18)6-7-21-11-5-4-9(17(19)20)8-10(11)14/h4-5,8,16H,3,6-7H2,1-2H3,(H2,15,18). The van der Waals surface area contributed by atoms with Gasteiger partial charge in [-0.2, -0.15) is 0 Å². The molecule has 0 saturated heterocycles. The van der Waals surface area contributed by atoms with E-state index in [1.54, 1.807) is 6.92 Å². The Morgan fingerprint density at radius 1 is 1.57 bits per heavy atom. The number of hydrogen-bond donors (Lipinski definition) is 2. The van der Waals surface area contributed by atoms with Gasteiger partial charge in [-0.3, -0.25) is 14.9 Å². The molecule has 0 radical (unpaired) electrons. The van der Waals surface area contributed by atoms with Crippen molar-refractivity contribution in [2.75, 3.05) is 13.2 Å². The number of primary amides is 1. The summed E-state index contributed by atoms with van der Waals surface area (Å²) in [5.41, 5.74) is 4.38. The SMILES string of the molecule is CCNC(C)(CCOc1ccc([N+](=O)[O-])cc1Cl)C(N)=O. The molecular weight excluding hydrogens is 298 g/mol. The highest BCUT2D eigenvalue weighted by atomic mass is 35.5. The molecule has 0 fully saturated rings. The Morgan fingerprint density at radius 2 is 2.24 bits per heavy atom. The number of amides is 1. The lowest BCUT2D eigenvalue weighted by molar-refractivity contribution is -0.384. The Balaban J connectivity index is 2.67. The van der Waals surface area contributed by atoms with Crippen LogP contribution in [-0.4, -0.2) is 29.5 Å². The zero-order valence-electron chi connectivity index (χ0n) is 11.9. The number of ether oxygens (including phenoxy) is 1. The van der Waals surface area contributed by atoms with Gasteiger partial charge in [0, 0.05) is 18.6 Å². The van der Waals surface area contributed by atoms with Crippen LogP contribution in [0.5, 0.6) is 5.75 Å². The van der Waals surface area contributed by atoms with E-state index in [0.29, 0.717) is 18.7 Å². The second-order valence-electron chi connectivity index (χ2n) is 4.70. The van der Waals surface area contributed by atoms with Crippen molar-refractivity contribution in [3.05, 3.63) is 33.3 Å². The summed E-state index contributed by atoms with van der Waals surface area (Å²) in [7, 11) is 0. The van der Waals surface area contributed by atoms with Gasteiger partial charge in [-0.15, -0.1) is 0 Å². The van der Waals surface area contributed by atoms with Gasteiger partial charge < -0.3 is 15.8 Å². The van der Waals surface area contributed by atoms with E-state index in [0.717, 1.165) is 0 Å². The number of benzene rings is 1. The number of nitrogens with zero attached hydrogens (tertiary/aromatic N) is 1. The van der Waals surface area contributed by atoms with Gasteiger partial charge in [-0.25, -0.2) is 0 Å². The van der Waals surface area contributed by atoms with Gasteiger partial charge in [0.25, 0.3) is 5.69 Å². The fraction of sp³-hybridized carbons (Fsp3) is 0.462. The first-order chi connectivity index (χ1) is 9.80. The van der Waals surface area contributed by atoms with Crippen LogP contribution in [0.2, 0.25) is 5.02 Å². The van der Waals surface area contributed by atoms with E-state index in [9.17, 15) is 14.9 Å². The second-order valence-corrected chi connectivity index (χ2v) is 5.10. The summed E-state index contributed by atoms with van der Waals surface area (Å²) >= 11 is 5.91. The molecule has 0 aliphatic carbocycles. The molecular formula is C13H18ClN3O4. The number of non-ortho nitro benzene ring substituents is 1. The van der Waals surface area contributed by atoms with Gasteiger partial charge in [0.05, 0.1) is 22.1 Å². The first-order valence-electron chi connectivity index (χ1n) is 6.42. The Kier molecular flexibility index (Phi) is 5.92. The normalized spacial score (nSPS) is 13.5. The van der Waals surface area contributed by atoms with Crippen molar-refractivity contribution >= 4 is 23.2 Å². The highest BCUT2D eigenvalue weighted by molar-refractivity contribution is 6.32. The first-order valence-corrected chi connectivity index (χ1v) is 6.79. The highest BCUT2D eigenvalue weighted by Crippen LogP contribution is 2.29. The van der Waals surface area contributed by atoms with Crippen LogP contribution in [0.25, 0.3) is 0 Å². The van der Waals surface area contributed by atoms with E-state index >= 15 is 0 Å². The largest absolute Gasteiger partial charge is 0.492 e. The summed E-state index contributed by atoms with van der Waals surface area (Å²) in [4.78, 5) is 21.5. The first kappa shape index (κ1) is 17.2. The Hall–Kier alpha value is -1.86. The van der Waals surface area contributed by atoms with E-state index in [4.69, 9.17) is 22.1 Å². The number of nitrogens with two attached hydrogens (primary N) is 1. The van der Waals surface area contributed by atoms with Crippen molar-refractivity contribution < 1.29 is 14.5 Å². The van der Waals surface area contributed by atoms with Crippen LogP contribution in [0, 0.1) is 10.1 Å². The highest BCUT2D eigenvalue weighted by Gasteiger charge is 2.29. The smallest absolute Gasteiger partial charge is 0.271 e. The van der Waals surface area contributed by atoms with Crippen LogP contribution >= 0.6 is 11.6 Å². The van der Waals surface area contributed by atoms with Gasteiger partial charge in [0.15, 0.2) is 0 Å². The maximum absolute atomic E-state index is 11.4. The van der Waals surface area contributed by atoms with Gasteiger partial charge in [-0.05, 0) is 19.5 Å². The molecule has 0 aliphatic heterocycles. The maximum Gasteiger partial charge on any atom is 0.271 e. The number of nitro groups is 1. The summed E-state index contributed by atoms with van der Waals surface area (Å²) < 4.78 is 5.46. The molecule has 8 heteroatoms. The Morgan fingerprint density at radius 3 is 2.71 bits per heavy atom. The number of nitro benzene ring substituents is 1. The molecule has 0 aliphatic rings. The Bertz CT molecular complexity index is 538. The van der Waals surface area contributed by atoms with E-state index < -0.39 is 16.4 Å². The molecule has 1 amide bonds. The average molecular weight is 316 g/mol. The zero-order chi connectivity index (χ0) is 16.0. The fourth-order valence-electron chi connectivity index (χ4n) is 1.77. The third-order valence-electron chi connectivity index (χ3n) is 3.10. The van der Waals surface area contributed by atoms with Crippen LogP contribution in [-0.2, 0) is 4.79 Å². The molecule has 21 heavy (non-hydrogen) atoms. The molecule has 1 unspecified atom stereocenters. The number of hydrogen-bond acceptors (Lipinski definition) is 5. The van der Waals surface area contributed by atoms with Gasteiger partial charge >= 0.3 is 0 Å². The molecule has 0 bridgehead atoms. The van der Waals surface area contributed by atoms with Crippen LogP contribution in [0.1, 0.15) is 20.3 Å². The monoisotopic (exact) mass is 315 g/mol. The van der Waals surface area contributed by atoms with Crippen molar-refractivity contribution in [2.24, 2.45) is 5.73 Å². The molecule has 1 aromatic rings. The summed E-state index contributed by atoms with van der Waals surface area (Å²) in [6, 6.07) is 3.95. The minimum Gasteiger partial charge on any atom is -0.492 e. The number of carbonyl (C=O) groups excluding carboxylic acids is 1. The van der Waals surface area contributed by atoms with E-state index in [-0.39, 0.29) is 17.3 Å². The molecule has 0 spiro atoms.